The number of halogens is 1. The molecule has 2 heteroatoms. The van der Waals surface area contributed by atoms with Crippen molar-refractivity contribution in [2.24, 2.45) is 0 Å². The molecule has 26 heavy (non-hydrogen) atoms. The summed E-state index contributed by atoms with van der Waals surface area (Å²) >= 11 is 0. The standard InChI is InChI=1S/C24H27FP/c1-19-5-11-22(12-6-19)26(18-4-17-25,23-13-7-20(2)8-14-23)24-15-9-21(3)10-16-24/h5-16H,4,17-18H2,1-3H3/q+1/i25-1. The molecule has 0 fully saturated rings. The molecular formula is C24H27FP+. The molecule has 3 aromatic carbocycles. The third-order valence-corrected chi connectivity index (χ3v) is 9.58. The Bertz CT molecular complexity index is 722. The highest BCUT2D eigenvalue weighted by Gasteiger charge is 2.44. The Labute approximate surface area is 157 Å². The summed E-state index contributed by atoms with van der Waals surface area (Å²) in [4.78, 5) is 0. The summed E-state index contributed by atoms with van der Waals surface area (Å²) in [5.74, 6) is 0. The first kappa shape index (κ1) is 18.8. The van der Waals surface area contributed by atoms with Gasteiger partial charge < -0.3 is 0 Å². The average molecular weight is 364 g/mol. The van der Waals surface area contributed by atoms with Crippen molar-refractivity contribution in [2.75, 3.05) is 12.8 Å². The van der Waals surface area contributed by atoms with Crippen molar-refractivity contribution in [1.82, 2.24) is 0 Å². The minimum atomic E-state index is -1.87. The van der Waals surface area contributed by atoms with Crippen LogP contribution in [0.3, 0.4) is 0 Å². The molecule has 0 spiro atoms. The van der Waals surface area contributed by atoms with Crippen LogP contribution >= 0.6 is 7.26 Å². The normalized spacial score (nSPS) is 11.5. The van der Waals surface area contributed by atoms with Gasteiger partial charge in [0.1, 0.15) is 23.2 Å². The lowest BCUT2D eigenvalue weighted by Crippen LogP contribution is -2.33. The van der Waals surface area contributed by atoms with E-state index in [1.165, 1.54) is 32.6 Å². The Morgan fingerprint density at radius 2 is 0.885 bits per heavy atom. The molecular weight excluding hydrogens is 337 g/mol. The quantitative estimate of drug-likeness (QED) is 0.523. The van der Waals surface area contributed by atoms with Crippen molar-refractivity contribution in [3.8, 4) is 0 Å². The maximum Gasteiger partial charge on any atom is 0.112 e. The van der Waals surface area contributed by atoms with Crippen molar-refractivity contribution in [3.05, 3.63) is 89.5 Å². The van der Waals surface area contributed by atoms with E-state index in [1.807, 2.05) is 0 Å². The predicted molar refractivity (Wildman–Crippen MR) is 115 cm³/mol. The van der Waals surface area contributed by atoms with Gasteiger partial charge in [0.05, 0.1) is 12.8 Å². The van der Waals surface area contributed by atoms with Crippen LogP contribution in [0.5, 0.6) is 0 Å². The number of hydrogen-bond donors (Lipinski definition) is 0. The summed E-state index contributed by atoms with van der Waals surface area (Å²) in [5, 5.41) is 4.01. The second-order valence-electron chi connectivity index (χ2n) is 7.08. The van der Waals surface area contributed by atoms with Crippen LogP contribution in [-0.4, -0.2) is 12.8 Å². The van der Waals surface area contributed by atoms with Crippen molar-refractivity contribution >= 4 is 23.2 Å². The largest absolute Gasteiger partial charge is 0.251 e. The van der Waals surface area contributed by atoms with Crippen LogP contribution in [0.25, 0.3) is 0 Å². The van der Waals surface area contributed by atoms with Gasteiger partial charge in [0.2, 0.25) is 0 Å². The van der Waals surface area contributed by atoms with Crippen LogP contribution in [0, 0.1) is 20.8 Å². The minimum Gasteiger partial charge on any atom is -0.251 e. The maximum absolute atomic E-state index is 13.3. The summed E-state index contributed by atoms with van der Waals surface area (Å²) in [6.45, 7) is 6.07. The highest BCUT2D eigenvalue weighted by molar-refractivity contribution is 7.95. The predicted octanol–water partition coefficient (Wildman–Crippen LogP) is 5.27. The molecule has 0 amide bonds. The van der Waals surface area contributed by atoms with Crippen molar-refractivity contribution < 1.29 is 4.39 Å². The Morgan fingerprint density at radius 3 is 1.15 bits per heavy atom. The summed E-state index contributed by atoms with van der Waals surface area (Å²) in [6, 6.07) is 26.6. The van der Waals surface area contributed by atoms with Gasteiger partial charge in [-0.1, -0.05) is 53.1 Å². The second-order valence-corrected chi connectivity index (χ2v) is 10.7. The molecule has 0 heterocycles. The highest BCUT2D eigenvalue weighted by Crippen LogP contribution is 2.55. The van der Waals surface area contributed by atoms with Gasteiger partial charge in [-0.3, -0.25) is 4.39 Å². The monoisotopic (exact) mass is 364 g/mol. The lowest BCUT2D eigenvalue weighted by atomic mass is 10.2. The average Bonchev–Trinajstić information content (AvgIpc) is 2.66. The highest BCUT2D eigenvalue weighted by atomic mass is 31.2. The third-order valence-electron chi connectivity index (χ3n) is 5.05. The molecule has 0 unspecified atom stereocenters. The first-order valence-corrected chi connectivity index (χ1v) is 11.2. The topological polar surface area (TPSA) is 0 Å². The molecule has 0 nitrogen and oxygen atoms in total. The first-order valence-electron chi connectivity index (χ1n) is 9.22. The first-order chi connectivity index (χ1) is 12.6. The van der Waals surface area contributed by atoms with Gasteiger partial charge in [0, 0.05) is 6.42 Å². The van der Waals surface area contributed by atoms with E-state index in [0.717, 1.165) is 6.16 Å². The van der Waals surface area contributed by atoms with Gasteiger partial charge in [0.25, 0.3) is 0 Å². The minimum absolute atomic E-state index is 0.272. The summed E-state index contributed by atoms with van der Waals surface area (Å²) in [6.07, 6.45) is 1.45. The van der Waals surface area contributed by atoms with E-state index in [0.29, 0.717) is 6.42 Å². The molecule has 0 saturated carbocycles. The van der Waals surface area contributed by atoms with Crippen molar-refractivity contribution in [2.45, 2.75) is 27.2 Å². The number of rotatable bonds is 6. The molecule has 134 valence electrons. The zero-order chi connectivity index (χ0) is 18.6. The van der Waals surface area contributed by atoms with Crippen LogP contribution in [-0.2, 0) is 0 Å². The van der Waals surface area contributed by atoms with E-state index in [4.69, 9.17) is 0 Å². The molecule has 0 aromatic heterocycles. The third kappa shape index (κ3) is 3.74. The number of benzene rings is 3. The van der Waals surface area contributed by atoms with Crippen LogP contribution in [0.4, 0.5) is 4.39 Å². The van der Waals surface area contributed by atoms with Crippen LogP contribution in [0.15, 0.2) is 72.8 Å². The molecule has 0 radical (unpaired) electrons. The van der Waals surface area contributed by atoms with Crippen LogP contribution in [0.1, 0.15) is 23.1 Å². The van der Waals surface area contributed by atoms with E-state index < -0.39 is 7.26 Å². The van der Waals surface area contributed by atoms with E-state index >= 15 is 0 Å². The zero-order valence-electron chi connectivity index (χ0n) is 15.9. The summed E-state index contributed by atoms with van der Waals surface area (Å²) < 4.78 is 13.3. The Balaban J connectivity index is 2.27. The van der Waals surface area contributed by atoms with E-state index in [-0.39, 0.29) is 6.67 Å². The van der Waals surface area contributed by atoms with Gasteiger partial charge in [-0.25, -0.2) is 0 Å². The van der Waals surface area contributed by atoms with Crippen LogP contribution < -0.4 is 15.9 Å². The SMILES string of the molecule is Cc1ccc([P+](CCC[18F])(c2ccc(C)cc2)c2ccc(C)cc2)cc1. The fourth-order valence-electron chi connectivity index (χ4n) is 3.53. The van der Waals surface area contributed by atoms with Gasteiger partial charge >= 0.3 is 0 Å². The Hall–Kier alpha value is -1.98. The van der Waals surface area contributed by atoms with Gasteiger partial charge in [-0.05, 0) is 57.2 Å². The molecule has 0 atom stereocenters. The number of aryl methyl sites for hydroxylation is 3. The molecule has 0 saturated heterocycles. The second kappa shape index (κ2) is 8.14. The molecule has 0 aliphatic carbocycles. The fraction of sp³-hybridized carbons (Fsp3) is 0.250. The van der Waals surface area contributed by atoms with E-state index in [9.17, 15) is 4.39 Å². The van der Waals surface area contributed by atoms with Gasteiger partial charge in [-0.15, -0.1) is 0 Å². The zero-order valence-corrected chi connectivity index (χ0v) is 16.8. The fourth-order valence-corrected chi connectivity index (χ4v) is 7.77. The smallest absolute Gasteiger partial charge is 0.112 e. The van der Waals surface area contributed by atoms with Crippen LogP contribution in [0.2, 0.25) is 0 Å². The van der Waals surface area contributed by atoms with E-state index in [2.05, 4.69) is 93.6 Å². The molecule has 0 N–H and O–H groups in total. The lowest BCUT2D eigenvalue weighted by molar-refractivity contribution is 0.489. The Kier molecular flexibility index (Phi) is 5.89. The van der Waals surface area contributed by atoms with Gasteiger partial charge in [0.15, 0.2) is 0 Å². The van der Waals surface area contributed by atoms with Crippen molar-refractivity contribution in [3.63, 3.8) is 0 Å². The molecule has 0 aliphatic rings. The molecule has 0 bridgehead atoms. The molecule has 0 aliphatic heterocycles. The summed E-state index contributed by atoms with van der Waals surface area (Å²) in [7, 11) is -1.87. The number of alkyl halides is 1. The molecule has 3 rings (SSSR count). The lowest BCUT2D eigenvalue weighted by Gasteiger charge is -2.27. The maximum atomic E-state index is 13.3. The number of hydrogen-bond acceptors (Lipinski definition) is 0. The molecule has 3 aromatic rings. The Morgan fingerprint density at radius 1 is 0.577 bits per heavy atom. The van der Waals surface area contributed by atoms with E-state index in [1.54, 1.807) is 0 Å². The summed E-state index contributed by atoms with van der Waals surface area (Å²) in [5.41, 5.74) is 3.76. The van der Waals surface area contributed by atoms with Gasteiger partial charge in [-0.2, -0.15) is 0 Å². The van der Waals surface area contributed by atoms with Crippen molar-refractivity contribution in [1.29, 1.82) is 0 Å².